The van der Waals surface area contributed by atoms with E-state index in [1.165, 1.54) is 47.3 Å². The van der Waals surface area contributed by atoms with Crippen LogP contribution < -0.4 is 11.2 Å². The van der Waals surface area contributed by atoms with Crippen LogP contribution in [-0.4, -0.2) is 18.7 Å². The number of rotatable bonds is 6. The maximum absolute atomic E-state index is 13.8. The fourth-order valence-corrected chi connectivity index (χ4v) is 4.28. The first-order valence-corrected chi connectivity index (χ1v) is 11.6. The van der Waals surface area contributed by atoms with E-state index in [0.717, 1.165) is 10.1 Å². The number of benzene rings is 3. The lowest BCUT2D eigenvalue weighted by atomic mass is 10.0. The Hall–Kier alpha value is -4.33. The zero-order valence-electron chi connectivity index (χ0n) is 19.9. The number of aromatic nitrogens is 4. The summed E-state index contributed by atoms with van der Waals surface area (Å²) in [7, 11) is 0. The normalized spacial score (nSPS) is 11.5. The van der Waals surface area contributed by atoms with E-state index in [9.17, 15) is 18.4 Å². The van der Waals surface area contributed by atoms with E-state index < -0.39 is 17.1 Å². The van der Waals surface area contributed by atoms with E-state index in [1.807, 2.05) is 24.3 Å². The maximum Gasteiger partial charge on any atom is 0.337 e. The van der Waals surface area contributed by atoms with Crippen molar-refractivity contribution in [3.05, 3.63) is 128 Å². The molecule has 0 saturated carbocycles. The van der Waals surface area contributed by atoms with Crippen molar-refractivity contribution in [2.45, 2.75) is 32.9 Å². The van der Waals surface area contributed by atoms with Crippen molar-refractivity contribution in [1.82, 2.24) is 18.7 Å². The van der Waals surface area contributed by atoms with Crippen LogP contribution in [0.25, 0.3) is 16.9 Å². The van der Waals surface area contributed by atoms with Crippen LogP contribution in [0.3, 0.4) is 0 Å². The summed E-state index contributed by atoms with van der Waals surface area (Å²) < 4.78 is 31.4. The largest absolute Gasteiger partial charge is 0.337 e. The Bertz CT molecular complexity index is 1660. The Kier molecular flexibility index (Phi) is 6.10. The minimum absolute atomic E-state index is 0.0386. The molecule has 8 heteroatoms. The molecule has 0 aliphatic heterocycles. The lowest BCUT2D eigenvalue weighted by Gasteiger charge is -2.14. The van der Waals surface area contributed by atoms with Crippen molar-refractivity contribution in [2.24, 2.45) is 0 Å². The molecule has 0 bridgehead atoms. The summed E-state index contributed by atoms with van der Waals surface area (Å²) in [5, 5.41) is 0. The summed E-state index contributed by atoms with van der Waals surface area (Å²) in [6.07, 6.45) is 1.48. The van der Waals surface area contributed by atoms with E-state index in [1.54, 1.807) is 16.7 Å². The second-order valence-electron chi connectivity index (χ2n) is 9.06. The summed E-state index contributed by atoms with van der Waals surface area (Å²) in [4.78, 5) is 31.7. The van der Waals surface area contributed by atoms with Gasteiger partial charge in [-0.2, -0.15) is 0 Å². The molecule has 0 unspecified atom stereocenters. The summed E-state index contributed by atoms with van der Waals surface area (Å²) >= 11 is 0. The van der Waals surface area contributed by atoms with Crippen molar-refractivity contribution in [3.8, 4) is 5.69 Å². The van der Waals surface area contributed by atoms with Gasteiger partial charge in [0.15, 0.2) is 11.2 Å². The highest BCUT2D eigenvalue weighted by molar-refractivity contribution is 5.72. The second-order valence-corrected chi connectivity index (χ2v) is 9.06. The Morgan fingerprint density at radius 2 is 1.56 bits per heavy atom. The molecule has 2 aromatic heterocycles. The summed E-state index contributed by atoms with van der Waals surface area (Å²) in [6.45, 7) is 4.32. The third-order valence-corrected chi connectivity index (χ3v) is 6.21. The van der Waals surface area contributed by atoms with Gasteiger partial charge in [0.2, 0.25) is 0 Å². The Labute approximate surface area is 205 Å². The predicted octanol–water partition coefficient (Wildman–Crippen LogP) is 4.85. The van der Waals surface area contributed by atoms with Crippen molar-refractivity contribution in [1.29, 1.82) is 0 Å². The number of hydrogen-bond acceptors (Lipinski definition) is 3. The molecule has 0 fully saturated rings. The summed E-state index contributed by atoms with van der Waals surface area (Å²) in [6, 6.07) is 19.3. The molecular formula is C28H24F2N4O2. The molecule has 2 heterocycles. The standard InChI is InChI=1S/C28H24F2N4O2/c1-18(2)21-8-12-24(13-9-21)34-26-25(32(17-31-26)15-20-4-3-5-23(30)14-20)27(35)33(28(34)36)16-19-6-10-22(29)11-7-19/h3-14,17-18H,15-16H2,1-2H3. The average Bonchev–Trinajstić information content (AvgIpc) is 3.26. The molecule has 0 aliphatic carbocycles. The van der Waals surface area contributed by atoms with E-state index in [0.29, 0.717) is 22.7 Å². The highest BCUT2D eigenvalue weighted by Crippen LogP contribution is 2.19. The van der Waals surface area contributed by atoms with Gasteiger partial charge in [0.25, 0.3) is 5.56 Å². The molecule has 0 N–H and O–H groups in total. The van der Waals surface area contributed by atoms with E-state index >= 15 is 0 Å². The minimum atomic E-state index is -0.551. The fourth-order valence-electron chi connectivity index (χ4n) is 4.28. The van der Waals surface area contributed by atoms with Crippen LogP contribution in [0.1, 0.15) is 36.5 Å². The zero-order valence-corrected chi connectivity index (χ0v) is 19.9. The first-order chi connectivity index (χ1) is 17.3. The van der Waals surface area contributed by atoms with Gasteiger partial charge in [0.1, 0.15) is 11.6 Å². The number of nitrogens with zero attached hydrogens (tertiary/aromatic N) is 4. The topological polar surface area (TPSA) is 61.8 Å². The first kappa shape index (κ1) is 23.4. The smallest absolute Gasteiger partial charge is 0.320 e. The highest BCUT2D eigenvalue weighted by atomic mass is 19.1. The molecule has 6 nitrogen and oxygen atoms in total. The van der Waals surface area contributed by atoms with Gasteiger partial charge in [-0.05, 0) is 59.0 Å². The molecule has 0 saturated heterocycles. The van der Waals surface area contributed by atoms with Crippen molar-refractivity contribution >= 4 is 11.2 Å². The van der Waals surface area contributed by atoms with Gasteiger partial charge in [0, 0.05) is 6.54 Å². The van der Waals surface area contributed by atoms with Crippen LogP contribution in [0, 0.1) is 11.6 Å². The third kappa shape index (κ3) is 4.37. The van der Waals surface area contributed by atoms with Gasteiger partial charge < -0.3 is 4.57 Å². The van der Waals surface area contributed by atoms with Crippen molar-refractivity contribution < 1.29 is 8.78 Å². The molecule has 0 spiro atoms. The third-order valence-electron chi connectivity index (χ3n) is 6.21. The minimum Gasteiger partial charge on any atom is -0.320 e. The Morgan fingerprint density at radius 1 is 0.833 bits per heavy atom. The van der Waals surface area contributed by atoms with Crippen LogP contribution in [-0.2, 0) is 13.1 Å². The highest BCUT2D eigenvalue weighted by Gasteiger charge is 2.20. The van der Waals surface area contributed by atoms with Gasteiger partial charge >= 0.3 is 5.69 Å². The molecule has 3 aromatic carbocycles. The van der Waals surface area contributed by atoms with Gasteiger partial charge in [-0.15, -0.1) is 0 Å². The SMILES string of the molecule is CC(C)c1ccc(-n2c(=O)n(Cc3ccc(F)cc3)c(=O)c3c2ncn3Cc2cccc(F)c2)cc1. The molecule has 0 amide bonds. The zero-order chi connectivity index (χ0) is 25.4. The molecule has 36 heavy (non-hydrogen) atoms. The van der Waals surface area contributed by atoms with E-state index in [2.05, 4.69) is 18.8 Å². The molecule has 0 radical (unpaired) electrons. The number of imidazole rings is 1. The molecule has 5 rings (SSSR count). The molecular weight excluding hydrogens is 462 g/mol. The molecule has 182 valence electrons. The van der Waals surface area contributed by atoms with E-state index in [4.69, 9.17) is 0 Å². The summed E-state index contributed by atoms with van der Waals surface area (Å²) in [5.74, 6) is -0.473. The predicted molar refractivity (Wildman–Crippen MR) is 135 cm³/mol. The summed E-state index contributed by atoms with van der Waals surface area (Å²) in [5.41, 5.74) is 2.29. The monoisotopic (exact) mass is 486 g/mol. The van der Waals surface area contributed by atoms with Crippen LogP contribution in [0.2, 0.25) is 0 Å². The Balaban J connectivity index is 1.73. The number of hydrogen-bond donors (Lipinski definition) is 0. The molecule has 0 aliphatic rings. The number of fused-ring (bicyclic) bond motifs is 1. The first-order valence-electron chi connectivity index (χ1n) is 11.6. The van der Waals surface area contributed by atoms with Crippen LogP contribution in [0.5, 0.6) is 0 Å². The quantitative estimate of drug-likeness (QED) is 0.345. The molecule has 0 atom stereocenters. The second kappa shape index (κ2) is 9.37. The van der Waals surface area contributed by atoms with Crippen LogP contribution >= 0.6 is 0 Å². The fraction of sp³-hybridized carbons (Fsp3) is 0.179. The van der Waals surface area contributed by atoms with Crippen molar-refractivity contribution in [3.63, 3.8) is 0 Å². The lowest BCUT2D eigenvalue weighted by molar-refractivity contribution is 0.623. The van der Waals surface area contributed by atoms with Crippen LogP contribution in [0.15, 0.2) is 88.7 Å². The maximum atomic E-state index is 13.8. The Morgan fingerprint density at radius 3 is 2.22 bits per heavy atom. The average molecular weight is 487 g/mol. The van der Waals surface area contributed by atoms with Crippen molar-refractivity contribution in [2.75, 3.05) is 0 Å². The van der Waals surface area contributed by atoms with E-state index in [-0.39, 0.29) is 30.1 Å². The number of halogens is 2. The van der Waals surface area contributed by atoms with Gasteiger partial charge in [-0.25, -0.2) is 23.1 Å². The van der Waals surface area contributed by atoms with Crippen LogP contribution in [0.4, 0.5) is 8.78 Å². The van der Waals surface area contributed by atoms with Gasteiger partial charge in [-0.1, -0.05) is 50.2 Å². The molecule has 5 aromatic rings. The van der Waals surface area contributed by atoms with Gasteiger partial charge in [-0.3, -0.25) is 9.36 Å². The van der Waals surface area contributed by atoms with Gasteiger partial charge in [0.05, 0.1) is 18.6 Å². The lowest BCUT2D eigenvalue weighted by Crippen LogP contribution is -2.40.